The molecular weight excluding hydrogens is 218 g/mol. The predicted octanol–water partition coefficient (Wildman–Crippen LogP) is -0.255. The van der Waals surface area contributed by atoms with Crippen molar-refractivity contribution < 1.29 is 9.59 Å². The van der Waals surface area contributed by atoms with Gasteiger partial charge in [-0.05, 0) is 30.7 Å². The lowest BCUT2D eigenvalue weighted by molar-refractivity contribution is -0.118. The lowest BCUT2D eigenvalue weighted by Crippen LogP contribution is -2.35. The number of rotatable bonds is 5. The van der Waals surface area contributed by atoms with Crippen LogP contribution in [0.15, 0.2) is 24.3 Å². The molecule has 17 heavy (non-hydrogen) atoms. The molecule has 0 aromatic heterocycles. The largest absolute Gasteiger partial charge is 0.368 e. The van der Waals surface area contributed by atoms with Crippen LogP contribution < -0.4 is 11.5 Å². The van der Waals surface area contributed by atoms with Crippen LogP contribution in [0, 0.1) is 0 Å². The molecule has 5 heteroatoms. The average molecular weight is 235 g/mol. The number of amides is 2. The molecular formula is C12H17N3O2. The highest BCUT2D eigenvalue weighted by Gasteiger charge is 2.12. The Morgan fingerprint density at radius 1 is 1.24 bits per heavy atom. The SMILES string of the molecule is CN(CC(N)=O)C(=O)c1ccc(CCN)cc1. The molecule has 2 amide bonds. The van der Waals surface area contributed by atoms with E-state index in [0.29, 0.717) is 12.1 Å². The molecule has 0 aliphatic rings. The van der Waals surface area contributed by atoms with Crippen molar-refractivity contribution in [3.8, 4) is 0 Å². The molecule has 1 aromatic carbocycles. The normalized spacial score (nSPS) is 10.0. The Hall–Kier alpha value is -1.88. The van der Waals surface area contributed by atoms with Gasteiger partial charge in [-0.15, -0.1) is 0 Å². The first-order valence-corrected chi connectivity index (χ1v) is 5.37. The first kappa shape index (κ1) is 13.2. The third kappa shape index (κ3) is 3.88. The molecule has 0 spiro atoms. The van der Waals surface area contributed by atoms with Crippen LogP contribution in [0.1, 0.15) is 15.9 Å². The van der Waals surface area contributed by atoms with Gasteiger partial charge in [0.25, 0.3) is 5.91 Å². The van der Waals surface area contributed by atoms with Crippen LogP contribution in [0.25, 0.3) is 0 Å². The molecule has 0 bridgehead atoms. The zero-order chi connectivity index (χ0) is 12.8. The zero-order valence-corrected chi connectivity index (χ0v) is 9.85. The molecule has 0 aliphatic heterocycles. The molecule has 0 saturated carbocycles. The van der Waals surface area contributed by atoms with Crippen molar-refractivity contribution in [1.29, 1.82) is 0 Å². The molecule has 0 unspecified atom stereocenters. The highest BCUT2D eigenvalue weighted by atomic mass is 16.2. The van der Waals surface area contributed by atoms with Crippen molar-refractivity contribution in [3.63, 3.8) is 0 Å². The van der Waals surface area contributed by atoms with Crippen molar-refractivity contribution in [1.82, 2.24) is 4.90 Å². The van der Waals surface area contributed by atoms with Crippen LogP contribution in [0.5, 0.6) is 0 Å². The highest BCUT2D eigenvalue weighted by molar-refractivity contribution is 5.96. The maximum absolute atomic E-state index is 11.8. The minimum atomic E-state index is -0.527. The lowest BCUT2D eigenvalue weighted by atomic mass is 10.1. The number of carbonyl (C=O) groups is 2. The van der Waals surface area contributed by atoms with Crippen LogP contribution in [-0.2, 0) is 11.2 Å². The summed E-state index contributed by atoms with van der Waals surface area (Å²) in [5.41, 5.74) is 12.1. The molecule has 1 rings (SSSR count). The second-order valence-corrected chi connectivity index (χ2v) is 3.86. The fraction of sp³-hybridized carbons (Fsp3) is 0.333. The summed E-state index contributed by atoms with van der Waals surface area (Å²) < 4.78 is 0. The lowest BCUT2D eigenvalue weighted by Gasteiger charge is -2.15. The van der Waals surface area contributed by atoms with Crippen LogP contribution in [-0.4, -0.2) is 36.9 Å². The van der Waals surface area contributed by atoms with E-state index in [-0.39, 0.29) is 12.5 Å². The third-order valence-corrected chi connectivity index (χ3v) is 2.37. The topological polar surface area (TPSA) is 89.4 Å². The monoisotopic (exact) mass is 235 g/mol. The molecule has 0 atom stereocenters. The number of hydrogen-bond donors (Lipinski definition) is 2. The molecule has 1 aromatic rings. The standard InChI is InChI=1S/C12H17N3O2/c1-15(8-11(14)16)12(17)10-4-2-9(3-5-10)6-7-13/h2-5H,6-8,13H2,1H3,(H2,14,16). The van der Waals surface area contributed by atoms with E-state index in [0.717, 1.165) is 12.0 Å². The van der Waals surface area contributed by atoms with Gasteiger partial charge >= 0.3 is 0 Å². The van der Waals surface area contributed by atoms with Gasteiger partial charge < -0.3 is 16.4 Å². The summed E-state index contributed by atoms with van der Waals surface area (Å²) in [6.45, 7) is 0.498. The van der Waals surface area contributed by atoms with E-state index in [2.05, 4.69) is 0 Å². The Balaban J connectivity index is 2.72. The van der Waals surface area contributed by atoms with Gasteiger partial charge in [-0.1, -0.05) is 12.1 Å². The fourth-order valence-corrected chi connectivity index (χ4v) is 1.51. The van der Waals surface area contributed by atoms with E-state index in [1.54, 1.807) is 19.2 Å². The Kier molecular flexibility index (Phi) is 4.66. The fourth-order valence-electron chi connectivity index (χ4n) is 1.51. The van der Waals surface area contributed by atoms with Crippen molar-refractivity contribution in [3.05, 3.63) is 35.4 Å². The minimum absolute atomic E-state index is 0.0800. The van der Waals surface area contributed by atoms with E-state index < -0.39 is 5.91 Å². The number of nitrogens with two attached hydrogens (primary N) is 2. The summed E-state index contributed by atoms with van der Waals surface area (Å²) in [6.07, 6.45) is 0.783. The van der Waals surface area contributed by atoms with E-state index in [4.69, 9.17) is 11.5 Å². The van der Waals surface area contributed by atoms with Crippen LogP contribution >= 0.6 is 0 Å². The first-order chi connectivity index (χ1) is 8.04. The summed E-state index contributed by atoms with van der Waals surface area (Å²) >= 11 is 0. The summed E-state index contributed by atoms with van der Waals surface area (Å²) in [5.74, 6) is -0.747. The van der Waals surface area contributed by atoms with Gasteiger partial charge in [0.05, 0.1) is 6.54 Å². The van der Waals surface area contributed by atoms with Gasteiger partial charge in [-0.2, -0.15) is 0 Å². The van der Waals surface area contributed by atoms with Crippen LogP contribution in [0.3, 0.4) is 0 Å². The Morgan fingerprint density at radius 2 is 1.82 bits per heavy atom. The molecule has 0 saturated heterocycles. The zero-order valence-electron chi connectivity index (χ0n) is 9.85. The molecule has 0 radical (unpaired) electrons. The quantitative estimate of drug-likeness (QED) is 0.737. The van der Waals surface area contributed by atoms with Gasteiger partial charge in [0.2, 0.25) is 5.91 Å². The second-order valence-electron chi connectivity index (χ2n) is 3.86. The van der Waals surface area contributed by atoms with Gasteiger partial charge in [0.15, 0.2) is 0 Å². The van der Waals surface area contributed by atoms with Gasteiger partial charge in [-0.3, -0.25) is 9.59 Å². The number of primary amides is 1. The maximum atomic E-state index is 11.8. The third-order valence-electron chi connectivity index (χ3n) is 2.37. The Bertz CT molecular complexity index is 401. The molecule has 0 aliphatic carbocycles. The first-order valence-electron chi connectivity index (χ1n) is 5.37. The number of nitrogens with zero attached hydrogens (tertiary/aromatic N) is 1. The summed E-state index contributed by atoms with van der Waals surface area (Å²) in [6, 6.07) is 7.17. The molecule has 92 valence electrons. The van der Waals surface area contributed by atoms with E-state index in [1.807, 2.05) is 12.1 Å². The Morgan fingerprint density at radius 3 is 2.29 bits per heavy atom. The molecule has 0 heterocycles. The van der Waals surface area contributed by atoms with Crippen molar-refractivity contribution >= 4 is 11.8 Å². The summed E-state index contributed by atoms with van der Waals surface area (Å²) in [4.78, 5) is 23.8. The molecule has 5 nitrogen and oxygen atoms in total. The van der Waals surface area contributed by atoms with Gasteiger partial charge in [0, 0.05) is 12.6 Å². The average Bonchev–Trinajstić information content (AvgIpc) is 2.28. The van der Waals surface area contributed by atoms with E-state index >= 15 is 0 Å². The van der Waals surface area contributed by atoms with Crippen LogP contribution in [0.4, 0.5) is 0 Å². The van der Waals surface area contributed by atoms with Gasteiger partial charge in [0.1, 0.15) is 0 Å². The second kappa shape index (κ2) is 6.00. The van der Waals surface area contributed by atoms with Crippen LogP contribution in [0.2, 0.25) is 0 Å². The summed E-state index contributed by atoms with van der Waals surface area (Å²) in [5, 5.41) is 0. The number of benzene rings is 1. The number of hydrogen-bond acceptors (Lipinski definition) is 3. The smallest absolute Gasteiger partial charge is 0.254 e. The van der Waals surface area contributed by atoms with E-state index in [9.17, 15) is 9.59 Å². The van der Waals surface area contributed by atoms with Crippen molar-refractivity contribution in [2.75, 3.05) is 20.1 Å². The number of carbonyl (C=O) groups excluding carboxylic acids is 2. The minimum Gasteiger partial charge on any atom is -0.368 e. The van der Waals surface area contributed by atoms with Crippen molar-refractivity contribution in [2.45, 2.75) is 6.42 Å². The Labute approximate surface area is 100 Å². The summed E-state index contributed by atoms with van der Waals surface area (Å²) in [7, 11) is 1.54. The van der Waals surface area contributed by atoms with Crippen molar-refractivity contribution in [2.24, 2.45) is 11.5 Å². The number of likely N-dealkylation sites (N-methyl/N-ethyl adjacent to an activating group) is 1. The van der Waals surface area contributed by atoms with Gasteiger partial charge in [-0.25, -0.2) is 0 Å². The molecule has 4 N–H and O–H groups in total. The highest BCUT2D eigenvalue weighted by Crippen LogP contribution is 2.07. The maximum Gasteiger partial charge on any atom is 0.254 e. The van der Waals surface area contributed by atoms with E-state index in [1.165, 1.54) is 4.90 Å². The predicted molar refractivity (Wildman–Crippen MR) is 65.4 cm³/mol. The molecule has 0 fully saturated rings.